The van der Waals surface area contributed by atoms with Crippen LogP contribution in [0.15, 0.2) is 36.4 Å². The molecule has 5 rings (SSSR count). The molecule has 9 heteroatoms. The average molecular weight is 499 g/mol. The Hall–Kier alpha value is -2.68. The Labute approximate surface area is 208 Å². The van der Waals surface area contributed by atoms with Gasteiger partial charge in [0.2, 0.25) is 5.91 Å². The molecule has 0 N–H and O–H groups in total. The Balaban J connectivity index is 1.18. The molecule has 7 nitrogen and oxygen atoms in total. The van der Waals surface area contributed by atoms with Gasteiger partial charge in [-0.3, -0.25) is 19.4 Å². The minimum Gasteiger partial charge on any atom is -0.444 e. The fourth-order valence-corrected chi connectivity index (χ4v) is 5.63. The van der Waals surface area contributed by atoms with Gasteiger partial charge in [0.1, 0.15) is 5.82 Å². The van der Waals surface area contributed by atoms with Crippen LogP contribution in [0.2, 0.25) is 5.02 Å². The molecule has 0 saturated carbocycles. The second-order valence-corrected chi connectivity index (χ2v) is 9.86. The highest BCUT2D eigenvalue weighted by atomic mass is 35.5. The first-order valence-corrected chi connectivity index (χ1v) is 12.8. The van der Waals surface area contributed by atoms with Crippen LogP contribution in [0.4, 0.5) is 11.5 Å². The number of carbonyl (C=O) groups excluding carboxylic acids is 2. The molecular formula is C25H27ClN4O3S. The van der Waals surface area contributed by atoms with Crippen molar-refractivity contribution < 1.29 is 14.3 Å². The zero-order valence-electron chi connectivity index (χ0n) is 19.1. The highest BCUT2D eigenvalue weighted by Crippen LogP contribution is 2.34. The molecule has 2 aliphatic heterocycles. The third kappa shape index (κ3) is 4.62. The van der Waals surface area contributed by atoms with Crippen LogP contribution in [-0.4, -0.2) is 60.6 Å². The number of anilines is 2. The van der Waals surface area contributed by atoms with Gasteiger partial charge in [0.25, 0.3) is 0 Å². The summed E-state index contributed by atoms with van der Waals surface area (Å²) in [4.78, 5) is 30.3. The van der Waals surface area contributed by atoms with Gasteiger partial charge in [-0.25, -0.2) is 0 Å². The lowest BCUT2D eigenvalue weighted by molar-refractivity contribution is -0.143. The van der Waals surface area contributed by atoms with Gasteiger partial charge in [0.05, 0.1) is 16.8 Å². The monoisotopic (exact) mass is 498 g/mol. The first-order valence-electron chi connectivity index (χ1n) is 11.6. The Bertz CT molecular complexity index is 1220. The summed E-state index contributed by atoms with van der Waals surface area (Å²) in [5.41, 5.74) is 2.73. The van der Waals surface area contributed by atoms with Crippen molar-refractivity contribution in [3.8, 4) is 0 Å². The van der Waals surface area contributed by atoms with Gasteiger partial charge < -0.3 is 9.64 Å². The number of nitrogens with zero attached hydrogens (tertiary/aromatic N) is 4. The minimum absolute atomic E-state index is 0.0628. The molecule has 0 unspecified atom stereocenters. The predicted molar refractivity (Wildman–Crippen MR) is 136 cm³/mol. The van der Waals surface area contributed by atoms with E-state index in [1.165, 1.54) is 15.0 Å². The van der Waals surface area contributed by atoms with Crippen molar-refractivity contribution in [2.24, 2.45) is 0 Å². The maximum absolute atomic E-state index is 12.4. The van der Waals surface area contributed by atoms with Crippen LogP contribution >= 0.6 is 23.1 Å². The highest BCUT2D eigenvalue weighted by molar-refractivity contribution is 7.13. The molecule has 0 atom stereocenters. The van der Waals surface area contributed by atoms with Gasteiger partial charge >= 0.3 is 5.97 Å². The number of fused-ring (bicyclic) bond motifs is 2. The van der Waals surface area contributed by atoms with Gasteiger partial charge in [0, 0.05) is 49.6 Å². The van der Waals surface area contributed by atoms with E-state index in [0.29, 0.717) is 11.4 Å². The number of ether oxygens (including phenoxy) is 1. The Kier molecular flexibility index (Phi) is 6.72. The maximum Gasteiger partial charge on any atom is 0.307 e. The summed E-state index contributed by atoms with van der Waals surface area (Å²) >= 11 is 8.16. The third-order valence-corrected chi connectivity index (χ3v) is 7.72. The van der Waals surface area contributed by atoms with E-state index in [1.807, 2.05) is 12.1 Å². The van der Waals surface area contributed by atoms with Gasteiger partial charge in [-0.1, -0.05) is 36.7 Å². The summed E-state index contributed by atoms with van der Waals surface area (Å²) in [6.07, 6.45) is 1.41. The lowest BCUT2D eigenvalue weighted by Crippen LogP contribution is -2.47. The van der Waals surface area contributed by atoms with Crippen molar-refractivity contribution in [1.29, 1.82) is 0 Å². The summed E-state index contributed by atoms with van der Waals surface area (Å²) in [7, 11) is 0. The number of esters is 1. The van der Waals surface area contributed by atoms with Crippen molar-refractivity contribution in [3.63, 3.8) is 0 Å². The molecule has 2 aliphatic rings. The zero-order valence-corrected chi connectivity index (χ0v) is 20.7. The maximum atomic E-state index is 12.4. The molecule has 178 valence electrons. The predicted octanol–water partition coefficient (Wildman–Crippen LogP) is 4.11. The molecule has 34 heavy (non-hydrogen) atoms. The lowest BCUT2D eigenvalue weighted by Gasteiger charge is -2.35. The van der Waals surface area contributed by atoms with E-state index in [0.717, 1.165) is 61.8 Å². The normalized spacial score (nSPS) is 16.4. The van der Waals surface area contributed by atoms with E-state index >= 15 is 0 Å². The SMILES string of the molecule is CCC(=O)OCN1C(=O)Cc2cc(CCN3CCN(c4nsc5ccccc45)CC3)c(Cl)cc21. The van der Waals surface area contributed by atoms with Crippen molar-refractivity contribution in [3.05, 3.63) is 52.5 Å². The number of amides is 1. The van der Waals surface area contributed by atoms with E-state index in [2.05, 4.69) is 34.1 Å². The molecular weight excluding hydrogens is 472 g/mol. The molecule has 3 heterocycles. The first kappa shape index (κ1) is 23.1. The van der Waals surface area contributed by atoms with Crippen LogP contribution < -0.4 is 9.80 Å². The van der Waals surface area contributed by atoms with Crippen LogP contribution in [0.25, 0.3) is 10.1 Å². The van der Waals surface area contributed by atoms with Gasteiger partial charge in [0.15, 0.2) is 6.73 Å². The number of benzene rings is 2. The van der Waals surface area contributed by atoms with Crippen molar-refractivity contribution in [2.75, 3.05) is 49.3 Å². The highest BCUT2D eigenvalue weighted by Gasteiger charge is 2.29. The number of rotatable bonds is 7. The van der Waals surface area contributed by atoms with Crippen molar-refractivity contribution in [1.82, 2.24) is 9.27 Å². The smallest absolute Gasteiger partial charge is 0.307 e. The number of hydrogen-bond donors (Lipinski definition) is 0. The molecule has 1 aromatic heterocycles. The fourth-order valence-electron chi connectivity index (χ4n) is 4.58. The molecule has 3 aromatic rings. The number of hydrogen-bond acceptors (Lipinski definition) is 7. The van der Waals surface area contributed by atoms with Crippen molar-refractivity contribution >= 4 is 56.6 Å². The molecule has 1 saturated heterocycles. The Morgan fingerprint density at radius 2 is 1.97 bits per heavy atom. The van der Waals surface area contributed by atoms with Crippen LogP contribution in [0.1, 0.15) is 24.5 Å². The fraction of sp³-hybridized carbons (Fsp3) is 0.400. The van der Waals surface area contributed by atoms with E-state index in [4.69, 9.17) is 20.7 Å². The van der Waals surface area contributed by atoms with Gasteiger partial charge in [-0.15, -0.1) is 0 Å². The minimum atomic E-state index is -0.327. The topological polar surface area (TPSA) is 66.0 Å². The van der Waals surface area contributed by atoms with E-state index in [1.54, 1.807) is 18.5 Å². The van der Waals surface area contributed by atoms with E-state index < -0.39 is 0 Å². The molecule has 0 bridgehead atoms. The van der Waals surface area contributed by atoms with Crippen LogP contribution in [0, 0.1) is 0 Å². The van der Waals surface area contributed by atoms with Crippen LogP contribution in [0.3, 0.4) is 0 Å². The Morgan fingerprint density at radius 3 is 2.76 bits per heavy atom. The largest absolute Gasteiger partial charge is 0.444 e. The first-order chi connectivity index (χ1) is 16.5. The van der Waals surface area contributed by atoms with Gasteiger partial charge in [-0.05, 0) is 47.3 Å². The van der Waals surface area contributed by atoms with Crippen LogP contribution in [-0.2, 0) is 27.2 Å². The van der Waals surface area contributed by atoms with Crippen molar-refractivity contribution in [2.45, 2.75) is 26.2 Å². The number of piperazine rings is 1. The molecule has 0 radical (unpaired) electrons. The molecule has 2 aromatic carbocycles. The molecule has 0 spiro atoms. The van der Waals surface area contributed by atoms with Gasteiger partial charge in [-0.2, -0.15) is 4.37 Å². The Morgan fingerprint density at radius 1 is 1.18 bits per heavy atom. The summed E-state index contributed by atoms with van der Waals surface area (Å²) in [5, 5.41) is 1.88. The number of halogens is 1. The van der Waals surface area contributed by atoms with E-state index in [-0.39, 0.29) is 25.0 Å². The zero-order chi connectivity index (χ0) is 23.7. The molecule has 1 fully saturated rings. The lowest BCUT2D eigenvalue weighted by atomic mass is 10.1. The van der Waals surface area contributed by atoms with E-state index in [9.17, 15) is 9.59 Å². The quantitative estimate of drug-likeness (QED) is 0.457. The second kappa shape index (κ2) is 9.90. The third-order valence-electron chi connectivity index (χ3n) is 6.55. The standard InChI is InChI=1S/C25H27ClN4O3S/c1-2-24(32)33-16-30-21-15-20(26)17(13-18(21)14-23(30)31)7-8-28-9-11-29(12-10-28)25-19-5-3-4-6-22(19)34-27-25/h3-6,13,15H,2,7-12,14,16H2,1H3. The van der Waals surface area contributed by atoms with Crippen LogP contribution in [0.5, 0.6) is 0 Å². The second-order valence-electron chi connectivity index (χ2n) is 8.65. The summed E-state index contributed by atoms with van der Waals surface area (Å²) in [6, 6.07) is 12.3. The summed E-state index contributed by atoms with van der Waals surface area (Å²) < 4.78 is 11.1. The summed E-state index contributed by atoms with van der Waals surface area (Å²) in [6.45, 7) is 6.43. The molecule has 1 amide bonds. The average Bonchev–Trinajstić information content (AvgIpc) is 3.41. The summed E-state index contributed by atoms with van der Waals surface area (Å²) in [5.74, 6) is 0.700. The number of carbonyl (C=O) groups is 2. The number of aromatic nitrogens is 1. The molecule has 0 aliphatic carbocycles.